The quantitative estimate of drug-likeness (QED) is 0.548. The van der Waals surface area contributed by atoms with Crippen LogP contribution in [0.15, 0.2) is 0 Å². The predicted octanol–water partition coefficient (Wildman–Crippen LogP) is 1.32. The normalized spacial score (nSPS) is 12.1. The minimum Gasteiger partial charge on any atom is -0.318 e. The number of nitrogens with one attached hydrogen (secondary N) is 2. The Morgan fingerprint density at radius 2 is 1.00 bits per heavy atom. The fourth-order valence-electron chi connectivity index (χ4n) is 1.68. The lowest BCUT2D eigenvalue weighted by atomic mass is 10.2. The highest BCUT2D eigenvalue weighted by Crippen LogP contribution is 2.08. The van der Waals surface area contributed by atoms with Crippen molar-refractivity contribution in [3.05, 3.63) is 0 Å². The van der Waals surface area contributed by atoms with Crippen LogP contribution in [0.1, 0.15) is 53.4 Å². The lowest BCUT2D eigenvalue weighted by Crippen LogP contribution is -2.38. The summed E-state index contributed by atoms with van der Waals surface area (Å²) in [4.78, 5) is 22.8. The lowest BCUT2D eigenvalue weighted by Gasteiger charge is -2.15. The molecule has 0 saturated heterocycles. The van der Waals surface area contributed by atoms with Gasteiger partial charge in [-0.15, -0.1) is 0 Å². The molecule has 0 aromatic heterocycles. The standard InChI is InChI=1S/C12H24N2O9S2/c1-5-9(6-2)13-11(15)21-24(17,18)23-25(19,20)22-12(16)14-10(7-3)8-4/h9-10H,5-8H2,1-4H3,(H,13,15)(H,14,16). The average Bonchev–Trinajstić information content (AvgIpc) is 2.47. The van der Waals surface area contributed by atoms with E-state index in [1.54, 1.807) is 27.7 Å². The van der Waals surface area contributed by atoms with E-state index in [4.69, 9.17) is 0 Å². The summed E-state index contributed by atoms with van der Waals surface area (Å²) >= 11 is 0. The average molecular weight is 404 g/mol. The summed E-state index contributed by atoms with van der Waals surface area (Å²) in [6, 6.07) is -0.720. The minimum atomic E-state index is -5.29. The van der Waals surface area contributed by atoms with Crippen LogP contribution in [-0.4, -0.2) is 41.1 Å². The van der Waals surface area contributed by atoms with Crippen LogP contribution < -0.4 is 10.6 Å². The molecule has 0 aromatic carbocycles. The molecule has 0 saturated carbocycles. The third-order valence-corrected chi connectivity index (χ3v) is 5.18. The van der Waals surface area contributed by atoms with Crippen molar-refractivity contribution in [3.8, 4) is 0 Å². The van der Waals surface area contributed by atoms with Crippen LogP contribution in [0.2, 0.25) is 0 Å². The molecule has 2 N–H and O–H groups in total. The maximum absolute atomic E-state index is 11.4. The highest BCUT2D eigenvalue weighted by molar-refractivity contribution is 7.95. The van der Waals surface area contributed by atoms with Crippen molar-refractivity contribution in [2.75, 3.05) is 0 Å². The first kappa shape index (κ1) is 23.4. The van der Waals surface area contributed by atoms with Crippen LogP contribution in [0.3, 0.4) is 0 Å². The van der Waals surface area contributed by atoms with E-state index in [0.717, 1.165) is 0 Å². The van der Waals surface area contributed by atoms with E-state index in [0.29, 0.717) is 25.7 Å². The lowest BCUT2D eigenvalue weighted by molar-refractivity contribution is 0.185. The molecule has 11 nitrogen and oxygen atoms in total. The molecule has 0 aliphatic carbocycles. The van der Waals surface area contributed by atoms with Gasteiger partial charge in [0.2, 0.25) is 0 Å². The fourth-order valence-corrected chi connectivity index (χ4v) is 3.19. The Morgan fingerprint density at radius 3 is 1.24 bits per heavy atom. The maximum Gasteiger partial charge on any atom is 0.470 e. The van der Waals surface area contributed by atoms with Crippen molar-refractivity contribution in [1.29, 1.82) is 0 Å². The Morgan fingerprint density at radius 1 is 0.720 bits per heavy atom. The molecule has 0 heterocycles. The highest BCUT2D eigenvalue weighted by Gasteiger charge is 2.31. The third-order valence-electron chi connectivity index (χ3n) is 3.14. The Bertz CT molecular complexity index is 581. The molecule has 2 amide bonds. The van der Waals surface area contributed by atoms with E-state index in [2.05, 4.69) is 22.6 Å². The van der Waals surface area contributed by atoms with Gasteiger partial charge < -0.3 is 19.0 Å². The first-order chi connectivity index (χ1) is 11.5. The molecule has 25 heavy (non-hydrogen) atoms. The number of hydrogen-bond acceptors (Lipinski definition) is 9. The zero-order valence-electron chi connectivity index (χ0n) is 14.5. The van der Waals surface area contributed by atoms with Crippen molar-refractivity contribution in [1.82, 2.24) is 10.6 Å². The molecular formula is C12H24N2O9S2. The second-order valence-electron chi connectivity index (χ2n) is 4.94. The molecule has 148 valence electrons. The first-order valence-corrected chi connectivity index (χ1v) is 10.4. The number of carbonyl (C=O) groups excluding carboxylic acids is 2. The molecule has 0 fully saturated rings. The van der Waals surface area contributed by atoms with Gasteiger partial charge in [0.15, 0.2) is 0 Å². The van der Waals surface area contributed by atoms with Gasteiger partial charge in [-0.25, -0.2) is 9.59 Å². The number of hydrogen-bond donors (Lipinski definition) is 2. The minimum absolute atomic E-state index is 0.360. The van der Waals surface area contributed by atoms with E-state index >= 15 is 0 Å². The molecule has 0 aliphatic rings. The summed E-state index contributed by atoms with van der Waals surface area (Å²) in [5.74, 6) is 0. The number of carbonyl (C=O) groups is 2. The van der Waals surface area contributed by atoms with Gasteiger partial charge in [-0.1, -0.05) is 31.3 Å². The van der Waals surface area contributed by atoms with Crippen molar-refractivity contribution in [2.45, 2.75) is 65.5 Å². The van der Waals surface area contributed by atoms with E-state index in [9.17, 15) is 26.4 Å². The summed E-state index contributed by atoms with van der Waals surface area (Å²) in [6.07, 6.45) is -0.807. The topological polar surface area (TPSA) is 154 Å². The van der Waals surface area contributed by atoms with Gasteiger partial charge >= 0.3 is 33.0 Å². The van der Waals surface area contributed by atoms with Gasteiger partial charge in [0.1, 0.15) is 0 Å². The smallest absolute Gasteiger partial charge is 0.318 e. The molecular weight excluding hydrogens is 380 g/mol. The predicted molar refractivity (Wildman–Crippen MR) is 86.9 cm³/mol. The summed E-state index contributed by atoms with van der Waals surface area (Å²) in [6.45, 7) is 6.99. The van der Waals surface area contributed by atoms with Gasteiger partial charge in [0, 0.05) is 12.1 Å². The SMILES string of the molecule is CCC(CC)NC(=O)OS(=O)(=O)OS(=O)(=O)OC(=O)NC(CC)CC. The van der Waals surface area contributed by atoms with Gasteiger partial charge in [0.25, 0.3) is 0 Å². The van der Waals surface area contributed by atoms with Crippen molar-refractivity contribution in [2.24, 2.45) is 0 Å². The summed E-state index contributed by atoms with van der Waals surface area (Å²) in [5.41, 5.74) is 0. The molecule has 13 heteroatoms. The molecule has 0 unspecified atom stereocenters. The molecule has 0 aromatic rings. The Labute approximate surface area is 148 Å². The van der Waals surface area contributed by atoms with E-state index < -0.39 is 33.0 Å². The van der Waals surface area contributed by atoms with Crippen LogP contribution in [0.4, 0.5) is 9.59 Å². The van der Waals surface area contributed by atoms with Crippen molar-refractivity contribution < 1.29 is 38.4 Å². The fraction of sp³-hybridized carbons (Fsp3) is 0.833. The van der Waals surface area contributed by atoms with Crippen LogP contribution in [-0.2, 0) is 32.8 Å². The molecule has 0 aliphatic heterocycles. The van der Waals surface area contributed by atoms with Crippen LogP contribution >= 0.6 is 0 Å². The first-order valence-electron chi connectivity index (χ1n) is 7.69. The zero-order valence-corrected chi connectivity index (χ0v) is 16.1. The second-order valence-corrected chi connectivity index (χ2v) is 7.45. The third kappa shape index (κ3) is 10.1. The van der Waals surface area contributed by atoms with Crippen LogP contribution in [0, 0.1) is 0 Å². The summed E-state index contributed by atoms with van der Waals surface area (Å²) in [5, 5.41) is 4.41. The van der Waals surface area contributed by atoms with Gasteiger partial charge in [-0.3, -0.25) is 0 Å². The van der Waals surface area contributed by atoms with Gasteiger partial charge in [-0.2, -0.15) is 16.8 Å². The maximum atomic E-state index is 11.4. The number of rotatable bonds is 10. The van der Waals surface area contributed by atoms with Crippen LogP contribution in [0.25, 0.3) is 0 Å². The van der Waals surface area contributed by atoms with E-state index in [1.807, 2.05) is 0 Å². The van der Waals surface area contributed by atoms with Crippen LogP contribution in [0.5, 0.6) is 0 Å². The van der Waals surface area contributed by atoms with Crippen molar-refractivity contribution in [3.63, 3.8) is 0 Å². The largest absolute Gasteiger partial charge is 0.470 e. The second kappa shape index (κ2) is 10.4. The Balaban J connectivity index is 4.75. The summed E-state index contributed by atoms with van der Waals surface area (Å²) < 4.78 is 57.2. The van der Waals surface area contributed by atoms with E-state index in [1.165, 1.54) is 0 Å². The molecule has 0 spiro atoms. The molecule has 0 atom stereocenters. The molecule has 0 radical (unpaired) electrons. The number of amides is 2. The summed E-state index contributed by atoms with van der Waals surface area (Å²) in [7, 11) is -10.6. The monoisotopic (exact) mass is 404 g/mol. The Hall–Kier alpha value is -1.60. The Kier molecular flexibility index (Phi) is 9.74. The highest BCUT2D eigenvalue weighted by atomic mass is 32.3. The van der Waals surface area contributed by atoms with Gasteiger partial charge in [-0.05, 0) is 25.7 Å². The van der Waals surface area contributed by atoms with Crippen molar-refractivity contribution >= 4 is 33.0 Å². The van der Waals surface area contributed by atoms with Gasteiger partial charge in [0.05, 0.1) is 0 Å². The molecule has 0 bridgehead atoms. The van der Waals surface area contributed by atoms with E-state index in [-0.39, 0.29) is 12.1 Å². The molecule has 0 rings (SSSR count). The zero-order chi connectivity index (χ0) is 19.7.